The molecular formula is C12H13ClN4O3. The summed E-state index contributed by atoms with van der Waals surface area (Å²) in [7, 11) is 2.80. The van der Waals surface area contributed by atoms with Crippen molar-refractivity contribution in [2.75, 3.05) is 19.4 Å². The summed E-state index contributed by atoms with van der Waals surface area (Å²) >= 11 is 5.80. The SMILES string of the molecule is CN1C(=O)C(NC(=O)Nc2cccc(Cl)c2)N(C)C1=O. The van der Waals surface area contributed by atoms with E-state index in [1.54, 1.807) is 24.3 Å². The molecule has 20 heavy (non-hydrogen) atoms. The first kappa shape index (κ1) is 14.1. The first-order valence-electron chi connectivity index (χ1n) is 5.77. The third-order valence-electron chi connectivity index (χ3n) is 2.89. The molecule has 1 aliphatic rings. The molecule has 106 valence electrons. The first-order valence-corrected chi connectivity index (χ1v) is 6.15. The van der Waals surface area contributed by atoms with Crippen molar-refractivity contribution in [3.05, 3.63) is 29.3 Å². The Kier molecular flexibility index (Phi) is 3.80. The summed E-state index contributed by atoms with van der Waals surface area (Å²) in [6.07, 6.45) is -1.01. The van der Waals surface area contributed by atoms with Crippen molar-refractivity contribution < 1.29 is 14.4 Å². The lowest BCUT2D eigenvalue weighted by molar-refractivity contribution is -0.127. The molecule has 1 aliphatic heterocycles. The molecule has 0 saturated carbocycles. The standard InChI is InChI=1S/C12H13ClN4O3/c1-16-9(10(18)17(2)12(16)20)15-11(19)14-8-5-3-4-7(13)6-8/h3-6,9H,1-2H3,(H2,14,15,19). The van der Waals surface area contributed by atoms with Crippen LogP contribution in [0.15, 0.2) is 24.3 Å². The Morgan fingerprint density at radius 3 is 2.55 bits per heavy atom. The second kappa shape index (κ2) is 5.38. The predicted octanol–water partition coefficient (Wildman–Crippen LogP) is 1.31. The second-order valence-corrected chi connectivity index (χ2v) is 4.74. The quantitative estimate of drug-likeness (QED) is 0.807. The van der Waals surface area contributed by atoms with Crippen LogP contribution in [-0.4, -0.2) is 48.0 Å². The number of hydrogen-bond acceptors (Lipinski definition) is 3. The van der Waals surface area contributed by atoms with E-state index in [9.17, 15) is 14.4 Å². The lowest BCUT2D eigenvalue weighted by Crippen LogP contribution is -2.48. The van der Waals surface area contributed by atoms with Crippen molar-refractivity contribution >= 4 is 35.3 Å². The van der Waals surface area contributed by atoms with Crippen LogP contribution in [0.5, 0.6) is 0 Å². The van der Waals surface area contributed by atoms with Gasteiger partial charge in [0.2, 0.25) is 0 Å². The van der Waals surface area contributed by atoms with Crippen LogP contribution < -0.4 is 10.6 Å². The zero-order valence-electron chi connectivity index (χ0n) is 10.9. The molecule has 0 aromatic heterocycles. The van der Waals surface area contributed by atoms with Gasteiger partial charge in [0.15, 0.2) is 6.17 Å². The molecule has 0 spiro atoms. The molecule has 1 saturated heterocycles. The van der Waals surface area contributed by atoms with Crippen molar-refractivity contribution in [3.8, 4) is 0 Å². The third kappa shape index (κ3) is 2.67. The predicted molar refractivity (Wildman–Crippen MR) is 73.3 cm³/mol. The number of anilines is 1. The van der Waals surface area contributed by atoms with Crippen molar-refractivity contribution in [1.29, 1.82) is 0 Å². The highest BCUT2D eigenvalue weighted by Crippen LogP contribution is 2.15. The number of amides is 5. The van der Waals surface area contributed by atoms with Crippen molar-refractivity contribution in [2.24, 2.45) is 0 Å². The maximum Gasteiger partial charge on any atom is 0.328 e. The Morgan fingerprint density at radius 2 is 2.00 bits per heavy atom. The number of nitrogens with one attached hydrogen (secondary N) is 2. The zero-order valence-corrected chi connectivity index (χ0v) is 11.6. The number of likely N-dealkylation sites (N-methyl/N-ethyl adjacent to an activating group) is 2. The average molecular weight is 297 g/mol. The Labute approximate surface area is 120 Å². The van der Waals surface area contributed by atoms with Gasteiger partial charge >= 0.3 is 12.1 Å². The minimum Gasteiger partial charge on any atom is -0.309 e. The van der Waals surface area contributed by atoms with E-state index >= 15 is 0 Å². The summed E-state index contributed by atoms with van der Waals surface area (Å²) in [5.41, 5.74) is 0.489. The van der Waals surface area contributed by atoms with Gasteiger partial charge in [-0.1, -0.05) is 17.7 Å². The monoisotopic (exact) mass is 296 g/mol. The molecule has 1 heterocycles. The van der Waals surface area contributed by atoms with E-state index in [1.807, 2.05) is 0 Å². The Hall–Kier alpha value is -2.28. The lowest BCUT2D eigenvalue weighted by Gasteiger charge is -2.17. The summed E-state index contributed by atoms with van der Waals surface area (Å²) in [4.78, 5) is 37.2. The van der Waals surface area contributed by atoms with Gasteiger partial charge in [0.1, 0.15) is 0 Å². The number of imide groups is 1. The van der Waals surface area contributed by atoms with Crippen molar-refractivity contribution in [1.82, 2.24) is 15.1 Å². The molecule has 0 bridgehead atoms. The maximum atomic E-state index is 11.8. The second-order valence-electron chi connectivity index (χ2n) is 4.30. The fraction of sp³-hybridized carbons (Fsp3) is 0.250. The molecule has 1 atom stereocenters. The largest absolute Gasteiger partial charge is 0.328 e. The molecule has 1 aromatic carbocycles. The van der Waals surface area contributed by atoms with Gasteiger partial charge in [-0.2, -0.15) is 0 Å². The Balaban J connectivity index is 2.02. The van der Waals surface area contributed by atoms with Crippen LogP contribution in [0.25, 0.3) is 0 Å². The van der Waals surface area contributed by atoms with Crippen molar-refractivity contribution in [2.45, 2.75) is 6.17 Å². The first-order chi connectivity index (χ1) is 9.40. The number of rotatable bonds is 2. The van der Waals surface area contributed by atoms with Crippen LogP contribution in [0.3, 0.4) is 0 Å². The fourth-order valence-electron chi connectivity index (χ4n) is 1.81. The lowest BCUT2D eigenvalue weighted by atomic mass is 10.3. The molecule has 2 N–H and O–H groups in total. The van der Waals surface area contributed by atoms with Gasteiger partial charge in [-0.25, -0.2) is 9.59 Å². The van der Waals surface area contributed by atoms with Gasteiger partial charge in [0, 0.05) is 24.8 Å². The van der Waals surface area contributed by atoms with Crippen LogP contribution in [0.1, 0.15) is 0 Å². The number of benzene rings is 1. The molecule has 0 radical (unpaired) electrons. The van der Waals surface area contributed by atoms with Crippen LogP contribution >= 0.6 is 11.6 Å². The normalized spacial score (nSPS) is 18.4. The van der Waals surface area contributed by atoms with Gasteiger partial charge in [-0.05, 0) is 18.2 Å². The Morgan fingerprint density at radius 1 is 1.30 bits per heavy atom. The van der Waals surface area contributed by atoms with E-state index in [0.29, 0.717) is 10.7 Å². The number of hydrogen-bond donors (Lipinski definition) is 2. The van der Waals surface area contributed by atoms with Crippen LogP contribution in [0.2, 0.25) is 5.02 Å². The summed E-state index contributed by atoms with van der Waals surface area (Å²) in [6.45, 7) is 0. The van der Waals surface area contributed by atoms with Gasteiger partial charge in [-0.15, -0.1) is 0 Å². The molecule has 1 aromatic rings. The number of halogens is 1. The minimum absolute atomic E-state index is 0.469. The fourth-order valence-corrected chi connectivity index (χ4v) is 2.00. The molecule has 1 unspecified atom stereocenters. The van der Waals surface area contributed by atoms with Crippen LogP contribution in [0.4, 0.5) is 15.3 Å². The van der Waals surface area contributed by atoms with Crippen LogP contribution in [0, 0.1) is 0 Å². The van der Waals surface area contributed by atoms with Crippen LogP contribution in [-0.2, 0) is 4.79 Å². The highest BCUT2D eigenvalue weighted by molar-refractivity contribution is 6.30. The zero-order chi connectivity index (χ0) is 14.9. The van der Waals surface area contributed by atoms with E-state index in [1.165, 1.54) is 14.1 Å². The molecule has 2 rings (SSSR count). The molecule has 5 amide bonds. The molecule has 0 aliphatic carbocycles. The number of carbonyl (C=O) groups is 3. The summed E-state index contributed by atoms with van der Waals surface area (Å²) in [6, 6.07) is 5.51. The molecule has 7 nitrogen and oxygen atoms in total. The highest BCUT2D eigenvalue weighted by Gasteiger charge is 2.41. The van der Waals surface area contributed by atoms with E-state index in [-0.39, 0.29) is 0 Å². The Bertz CT molecular complexity index is 578. The summed E-state index contributed by atoms with van der Waals surface area (Å²) in [5, 5.41) is 5.44. The molecular weight excluding hydrogens is 284 g/mol. The van der Waals surface area contributed by atoms with Gasteiger partial charge in [-0.3, -0.25) is 14.6 Å². The van der Waals surface area contributed by atoms with Crippen molar-refractivity contribution in [3.63, 3.8) is 0 Å². The number of urea groups is 2. The maximum absolute atomic E-state index is 11.8. The minimum atomic E-state index is -1.01. The smallest absolute Gasteiger partial charge is 0.309 e. The van der Waals surface area contributed by atoms with Gasteiger partial charge < -0.3 is 10.6 Å². The highest BCUT2D eigenvalue weighted by atomic mass is 35.5. The number of carbonyl (C=O) groups excluding carboxylic acids is 3. The van der Waals surface area contributed by atoms with E-state index < -0.39 is 24.1 Å². The number of nitrogens with zero attached hydrogens (tertiary/aromatic N) is 2. The van der Waals surface area contributed by atoms with E-state index in [0.717, 1.165) is 9.80 Å². The summed E-state index contributed by atoms with van der Waals surface area (Å²) in [5.74, 6) is -0.487. The molecule has 8 heteroatoms. The summed E-state index contributed by atoms with van der Waals surface area (Å²) < 4.78 is 0. The average Bonchev–Trinajstić information content (AvgIpc) is 2.57. The van der Waals surface area contributed by atoms with E-state index in [4.69, 9.17) is 11.6 Å². The molecule has 1 fully saturated rings. The van der Waals surface area contributed by atoms with Gasteiger partial charge in [0.05, 0.1) is 0 Å². The van der Waals surface area contributed by atoms with Gasteiger partial charge in [0.25, 0.3) is 5.91 Å². The third-order valence-corrected chi connectivity index (χ3v) is 3.13. The topological polar surface area (TPSA) is 81.8 Å². The van der Waals surface area contributed by atoms with E-state index in [2.05, 4.69) is 10.6 Å².